The largest absolute Gasteiger partial charge is 0.356 e. The molecule has 0 saturated heterocycles. The second kappa shape index (κ2) is 11.2. The monoisotopic (exact) mass is 396 g/mol. The predicted octanol–water partition coefficient (Wildman–Crippen LogP) is 3.16. The van der Waals surface area contributed by atoms with E-state index in [1.807, 2.05) is 41.2 Å². The fourth-order valence-corrected chi connectivity index (χ4v) is 3.66. The highest BCUT2D eigenvalue weighted by molar-refractivity contribution is 5.92. The third-order valence-corrected chi connectivity index (χ3v) is 5.27. The van der Waals surface area contributed by atoms with E-state index in [1.165, 1.54) is 6.42 Å². The number of carbonyl (C=O) groups excluding carboxylic acids is 1. The van der Waals surface area contributed by atoms with E-state index in [0.717, 1.165) is 62.4 Å². The number of aliphatic imine (C=N–C) groups is 1. The summed E-state index contributed by atoms with van der Waals surface area (Å²) >= 11 is 0. The SMILES string of the molecule is CN=C(NCCCn1cccn1)NCc1cccc(NC(=O)C2CCCCC2)c1. The van der Waals surface area contributed by atoms with E-state index < -0.39 is 0 Å². The summed E-state index contributed by atoms with van der Waals surface area (Å²) in [6.07, 6.45) is 10.3. The number of nitrogens with zero attached hydrogens (tertiary/aromatic N) is 3. The van der Waals surface area contributed by atoms with Crippen LogP contribution >= 0.6 is 0 Å². The minimum atomic E-state index is 0.157. The van der Waals surface area contributed by atoms with Crippen LogP contribution in [0, 0.1) is 5.92 Å². The Labute approximate surface area is 173 Å². The predicted molar refractivity (Wildman–Crippen MR) is 117 cm³/mol. The lowest BCUT2D eigenvalue weighted by Gasteiger charge is -2.21. The number of hydrogen-bond donors (Lipinski definition) is 3. The first-order chi connectivity index (χ1) is 14.2. The van der Waals surface area contributed by atoms with Crippen LogP contribution in [0.4, 0.5) is 5.69 Å². The summed E-state index contributed by atoms with van der Waals surface area (Å²) in [6, 6.07) is 9.94. The van der Waals surface area contributed by atoms with E-state index in [1.54, 1.807) is 13.2 Å². The normalized spacial score (nSPS) is 15.1. The number of guanidine groups is 1. The van der Waals surface area contributed by atoms with Gasteiger partial charge in [0.2, 0.25) is 5.91 Å². The Morgan fingerprint density at radius 3 is 2.83 bits per heavy atom. The molecule has 0 bridgehead atoms. The number of nitrogens with one attached hydrogen (secondary N) is 3. The highest BCUT2D eigenvalue weighted by Crippen LogP contribution is 2.25. The molecule has 1 heterocycles. The van der Waals surface area contributed by atoms with Crippen molar-refractivity contribution >= 4 is 17.6 Å². The van der Waals surface area contributed by atoms with Gasteiger partial charge in [-0.05, 0) is 43.0 Å². The van der Waals surface area contributed by atoms with Crippen molar-refractivity contribution < 1.29 is 4.79 Å². The summed E-state index contributed by atoms with van der Waals surface area (Å²) in [6.45, 7) is 2.34. The maximum Gasteiger partial charge on any atom is 0.227 e. The van der Waals surface area contributed by atoms with Gasteiger partial charge in [-0.25, -0.2) is 0 Å². The standard InChI is InChI=1S/C22H32N6O/c1-23-22(24-12-6-14-28-15-7-13-26-28)25-17-18-8-5-11-20(16-18)27-21(29)19-9-3-2-4-10-19/h5,7-8,11,13,15-16,19H,2-4,6,9-10,12,14,17H2,1H3,(H,27,29)(H2,23,24,25). The number of amides is 1. The van der Waals surface area contributed by atoms with E-state index in [-0.39, 0.29) is 11.8 Å². The minimum absolute atomic E-state index is 0.157. The van der Waals surface area contributed by atoms with Crippen molar-refractivity contribution in [2.24, 2.45) is 10.9 Å². The van der Waals surface area contributed by atoms with Crippen molar-refractivity contribution in [1.29, 1.82) is 0 Å². The average Bonchev–Trinajstić information content (AvgIpc) is 3.28. The Bertz CT molecular complexity index is 780. The van der Waals surface area contributed by atoms with Crippen LogP contribution in [0.5, 0.6) is 0 Å². The van der Waals surface area contributed by atoms with Gasteiger partial charge in [0, 0.05) is 50.7 Å². The Morgan fingerprint density at radius 1 is 1.21 bits per heavy atom. The molecule has 7 heteroatoms. The first-order valence-corrected chi connectivity index (χ1v) is 10.6. The molecule has 1 aromatic heterocycles. The van der Waals surface area contributed by atoms with Gasteiger partial charge >= 0.3 is 0 Å². The molecule has 3 rings (SSSR count). The third kappa shape index (κ3) is 6.93. The van der Waals surface area contributed by atoms with Gasteiger partial charge in [0.25, 0.3) is 0 Å². The first-order valence-electron chi connectivity index (χ1n) is 10.6. The van der Waals surface area contributed by atoms with E-state index in [2.05, 4.69) is 26.0 Å². The lowest BCUT2D eigenvalue weighted by molar-refractivity contribution is -0.120. The summed E-state index contributed by atoms with van der Waals surface area (Å²) in [5.41, 5.74) is 1.97. The molecule has 7 nitrogen and oxygen atoms in total. The Balaban J connectivity index is 1.41. The lowest BCUT2D eigenvalue weighted by atomic mass is 9.88. The van der Waals surface area contributed by atoms with Gasteiger partial charge < -0.3 is 16.0 Å². The molecule has 0 radical (unpaired) electrons. The summed E-state index contributed by atoms with van der Waals surface area (Å²) in [7, 11) is 1.77. The molecule has 1 amide bonds. The van der Waals surface area contributed by atoms with Crippen molar-refractivity contribution in [3.05, 3.63) is 48.3 Å². The van der Waals surface area contributed by atoms with Crippen LogP contribution in [-0.4, -0.2) is 35.2 Å². The van der Waals surface area contributed by atoms with Crippen LogP contribution in [0.3, 0.4) is 0 Å². The third-order valence-electron chi connectivity index (χ3n) is 5.27. The number of hydrogen-bond acceptors (Lipinski definition) is 3. The zero-order valence-corrected chi connectivity index (χ0v) is 17.2. The van der Waals surface area contributed by atoms with Crippen LogP contribution in [0.1, 0.15) is 44.1 Å². The fraction of sp³-hybridized carbons (Fsp3) is 0.500. The van der Waals surface area contributed by atoms with Crippen molar-refractivity contribution in [2.45, 2.75) is 51.6 Å². The molecule has 29 heavy (non-hydrogen) atoms. The average molecular weight is 397 g/mol. The minimum Gasteiger partial charge on any atom is -0.356 e. The van der Waals surface area contributed by atoms with Gasteiger partial charge in [0.15, 0.2) is 5.96 Å². The fourth-order valence-electron chi connectivity index (χ4n) is 3.66. The van der Waals surface area contributed by atoms with Gasteiger partial charge in [-0.2, -0.15) is 5.10 Å². The summed E-state index contributed by atoms with van der Waals surface area (Å²) in [5, 5.41) is 13.9. The zero-order valence-electron chi connectivity index (χ0n) is 17.2. The number of anilines is 1. The molecule has 0 aliphatic heterocycles. The molecule has 156 valence electrons. The molecule has 0 atom stereocenters. The lowest BCUT2D eigenvalue weighted by Crippen LogP contribution is -2.37. The van der Waals surface area contributed by atoms with Crippen LogP contribution in [-0.2, 0) is 17.9 Å². The van der Waals surface area contributed by atoms with E-state index in [9.17, 15) is 4.79 Å². The van der Waals surface area contributed by atoms with E-state index in [0.29, 0.717) is 6.54 Å². The van der Waals surface area contributed by atoms with Gasteiger partial charge in [-0.1, -0.05) is 31.4 Å². The molecule has 1 fully saturated rings. The van der Waals surface area contributed by atoms with Crippen molar-refractivity contribution in [1.82, 2.24) is 20.4 Å². The molecule has 1 aliphatic rings. The molecule has 0 unspecified atom stereocenters. The Hall–Kier alpha value is -2.83. The highest BCUT2D eigenvalue weighted by Gasteiger charge is 2.20. The second-order valence-electron chi connectivity index (χ2n) is 7.50. The molecule has 2 aromatic rings. The number of benzene rings is 1. The Kier molecular flexibility index (Phi) is 8.10. The quantitative estimate of drug-likeness (QED) is 0.364. The number of carbonyl (C=O) groups is 1. The van der Waals surface area contributed by atoms with Gasteiger partial charge in [0.05, 0.1) is 0 Å². The summed E-state index contributed by atoms with van der Waals surface area (Å²) in [4.78, 5) is 16.7. The second-order valence-corrected chi connectivity index (χ2v) is 7.50. The number of rotatable bonds is 8. The smallest absolute Gasteiger partial charge is 0.227 e. The summed E-state index contributed by atoms with van der Waals surface area (Å²) in [5.74, 6) is 1.09. The van der Waals surface area contributed by atoms with Crippen LogP contribution in [0.2, 0.25) is 0 Å². The van der Waals surface area contributed by atoms with Gasteiger partial charge in [0.1, 0.15) is 0 Å². The highest BCUT2D eigenvalue weighted by atomic mass is 16.1. The topological polar surface area (TPSA) is 83.3 Å². The molecule has 1 aromatic carbocycles. The maximum atomic E-state index is 12.5. The van der Waals surface area contributed by atoms with Gasteiger partial charge in [-0.3, -0.25) is 14.5 Å². The van der Waals surface area contributed by atoms with Crippen molar-refractivity contribution in [3.63, 3.8) is 0 Å². The molecular formula is C22H32N6O. The molecular weight excluding hydrogens is 364 g/mol. The van der Waals surface area contributed by atoms with Gasteiger partial charge in [-0.15, -0.1) is 0 Å². The molecule has 1 aliphatic carbocycles. The van der Waals surface area contributed by atoms with E-state index >= 15 is 0 Å². The molecule has 0 spiro atoms. The molecule has 3 N–H and O–H groups in total. The van der Waals surface area contributed by atoms with Crippen LogP contribution in [0.25, 0.3) is 0 Å². The zero-order chi connectivity index (χ0) is 20.3. The Morgan fingerprint density at radius 2 is 2.07 bits per heavy atom. The number of aromatic nitrogens is 2. The summed E-state index contributed by atoms with van der Waals surface area (Å²) < 4.78 is 1.92. The number of aryl methyl sites for hydroxylation is 1. The molecule has 1 saturated carbocycles. The van der Waals surface area contributed by atoms with Crippen LogP contribution < -0.4 is 16.0 Å². The van der Waals surface area contributed by atoms with Crippen molar-refractivity contribution in [2.75, 3.05) is 18.9 Å². The van der Waals surface area contributed by atoms with Crippen LogP contribution in [0.15, 0.2) is 47.7 Å². The maximum absolute atomic E-state index is 12.5. The van der Waals surface area contributed by atoms with E-state index in [4.69, 9.17) is 0 Å². The van der Waals surface area contributed by atoms with Crippen molar-refractivity contribution in [3.8, 4) is 0 Å². The first kappa shape index (κ1) is 20.9.